The molecular weight excluding hydrogens is 428 g/mol. The number of aryl methyl sites for hydroxylation is 1. The molecule has 0 fully saturated rings. The summed E-state index contributed by atoms with van der Waals surface area (Å²) in [4.78, 5) is 0. The zero-order valence-electron chi connectivity index (χ0n) is 25.5. The molecule has 35 heavy (non-hydrogen) atoms. The molecule has 2 N–H and O–H groups in total. The lowest BCUT2D eigenvalue weighted by molar-refractivity contribution is 0.421. The number of benzene rings is 2. The Morgan fingerprint density at radius 2 is 0.829 bits per heavy atom. The number of phenols is 2. The zero-order chi connectivity index (χ0) is 27.7. The molecule has 0 amide bonds. The third-order valence-electron chi connectivity index (χ3n) is 6.80. The summed E-state index contributed by atoms with van der Waals surface area (Å²) in [7, 11) is 0. The maximum Gasteiger partial charge on any atom is 0.123 e. The van der Waals surface area contributed by atoms with Crippen LogP contribution in [0.15, 0.2) is 24.3 Å². The Kier molecular flexibility index (Phi) is 9.38. The quantitative estimate of drug-likeness (QED) is 0.447. The van der Waals surface area contributed by atoms with E-state index in [0.717, 1.165) is 28.7 Å². The van der Waals surface area contributed by atoms with Gasteiger partial charge in [-0.15, -0.1) is 0 Å². The Labute approximate surface area is 217 Å². The molecule has 0 aliphatic carbocycles. The van der Waals surface area contributed by atoms with Crippen molar-refractivity contribution in [1.82, 2.24) is 0 Å². The van der Waals surface area contributed by atoms with Crippen molar-refractivity contribution in [2.24, 2.45) is 0 Å². The molecule has 1 atom stereocenters. The minimum atomic E-state index is -0.0342. The molecule has 198 valence electrons. The van der Waals surface area contributed by atoms with E-state index < -0.39 is 0 Å². The lowest BCUT2D eigenvalue weighted by atomic mass is 9.77. The van der Waals surface area contributed by atoms with Gasteiger partial charge in [0.1, 0.15) is 11.5 Å². The molecule has 2 aromatic rings. The van der Waals surface area contributed by atoms with Gasteiger partial charge < -0.3 is 10.2 Å². The monoisotopic (exact) mass is 482 g/mol. The molecule has 0 heterocycles. The second kappa shape index (κ2) is 10.6. The average Bonchev–Trinajstić information content (AvgIpc) is 2.66. The fraction of sp³-hybridized carbons (Fsp3) is 0.636. The van der Waals surface area contributed by atoms with Crippen molar-refractivity contribution >= 4 is 0 Å². The first-order chi connectivity index (χ1) is 15.5. The van der Waals surface area contributed by atoms with Crippen LogP contribution in [0.25, 0.3) is 0 Å². The minimum Gasteiger partial charge on any atom is -0.507 e. The highest BCUT2D eigenvalue weighted by Gasteiger charge is 2.27. The van der Waals surface area contributed by atoms with Crippen LogP contribution in [0.4, 0.5) is 0 Å². The molecule has 0 radical (unpaired) electrons. The van der Waals surface area contributed by atoms with E-state index in [2.05, 4.69) is 128 Å². The van der Waals surface area contributed by atoms with Crippen LogP contribution in [0.5, 0.6) is 11.5 Å². The van der Waals surface area contributed by atoms with E-state index in [1.807, 2.05) is 0 Å². The van der Waals surface area contributed by atoms with Gasteiger partial charge in [-0.2, -0.15) is 0 Å². The van der Waals surface area contributed by atoms with E-state index in [0.29, 0.717) is 17.4 Å². The van der Waals surface area contributed by atoms with Crippen LogP contribution in [0.3, 0.4) is 0 Å². The molecule has 0 saturated carbocycles. The predicted molar refractivity (Wildman–Crippen MR) is 154 cm³/mol. The lowest BCUT2D eigenvalue weighted by Crippen LogP contribution is -2.18. The van der Waals surface area contributed by atoms with E-state index in [4.69, 9.17) is 0 Å². The third kappa shape index (κ3) is 8.02. The number of rotatable bonds is 2. The highest BCUT2D eigenvalue weighted by Crippen LogP contribution is 2.42. The van der Waals surface area contributed by atoms with Crippen LogP contribution in [-0.4, -0.2) is 10.2 Å². The molecule has 2 nitrogen and oxygen atoms in total. The highest BCUT2D eigenvalue weighted by atomic mass is 16.3. The Bertz CT molecular complexity index is 929. The van der Waals surface area contributed by atoms with Crippen LogP contribution in [0, 0.1) is 6.92 Å². The molecule has 0 aliphatic rings. The van der Waals surface area contributed by atoms with Crippen molar-refractivity contribution in [2.45, 2.75) is 138 Å². The summed E-state index contributed by atoms with van der Waals surface area (Å²) >= 11 is 0. The summed E-state index contributed by atoms with van der Waals surface area (Å²) in [5.74, 6) is 1.47. The van der Waals surface area contributed by atoms with Crippen molar-refractivity contribution in [3.05, 3.63) is 57.6 Å². The van der Waals surface area contributed by atoms with Crippen molar-refractivity contribution in [3.8, 4) is 11.5 Å². The van der Waals surface area contributed by atoms with Gasteiger partial charge >= 0.3 is 0 Å². The highest BCUT2D eigenvalue weighted by molar-refractivity contribution is 5.51. The standard InChI is InChI=1S/C18H30O.C15H24O/c1-9-12(2)13-10-14(17(3,4)5)16(19)15(11-13)18(6,7)8;1-10-8-11(14(2,3)4)13(16)12(9-10)15(5,6)7/h10-12,19H,9H2,1-8H3;8-9,16H,1-7H3. The van der Waals surface area contributed by atoms with Crippen molar-refractivity contribution in [1.29, 1.82) is 0 Å². The van der Waals surface area contributed by atoms with Crippen LogP contribution in [0.2, 0.25) is 0 Å². The van der Waals surface area contributed by atoms with E-state index in [-0.39, 0.29) is 21.7 Å². The normalized spacial score (nSPS) is 13.8. The van der Waals surface area contributed by atoms with Gasteiger partial charge in [-0.05, 0) is 68.7 Å². The summed E-state index contributed by atoms with van der Waals surface area (Å²) < 4.78 is 0. The van der Waals surface area contributed by atoms with Crippen molar-refractivity contribution < 1.29 is 10.2 Å². The molecule has 2 heteroatoms. The summed E-state index contributed by atoms with van der Waals surface area (Å²) in [6.07, 6.45) is 1.12. The summed E-state index contributed by atoms with van der Waals surface area (Å²) in [6.45, 7) is 32.3. The van der Waals surface area contributed by atoms with Gasteiger partial charge in [-0.3, -0.25) is 0 Å². The van der Waals surface area contributed by atoms with Crippen LogP contribution in [-0.2, 0) is 21.7 Å². The number of hydrogen-bond acceptors (Lipinski definition) is 2. The number of phenolic OH excluding ortho intramolecular Hbond substituents is 2. The number of hydrogen-bond donors (Lipinski definition) is 2. The fourth-order valence-corrected chi connectivity index (χ4v) is 4.24. The van der Waals surface area contributed by atoms with Crippen LogP contribution >= 0.6 is 0 Å². The SMILES string of the molecule is CCC(C)c1cc(C(C)(C)C)c(O)c(C(C)(C)C)c1.Cc1cc(C(C)(C)C)c(O)c(C(C)(C)C)c1. The fourth-order valence-electron chi connectivity index (χ4n) is 4.24. The largest absolute Gasteiger partial charge is 0.507 e. The average molecular weight is 483 g/mol. The van der Waals surface area contributed by atoms with Gasteiger partial charge in [0, 0.05) is 0 Å². The van der Waals surface area contributed by atoms with Gasteiger partial charge in [-0.1, -0.05) is 127 Å². The Balaban J connectivity index is 0.000000355. The first kappa shape index (κ1) is 31.1. The Hall–Kier alpha value is -1.96. The zero-order valence-corrected chi connectivity index (χ0v) is 25.5. The smallest absolute Gasteiger partial charge is 0.123 e. The molecule has 0 aromatic heterocycles. The minimum absolute atomic E-state index is 0.0178. The molecule has 1 unspecified atom stereocenters. The Morgan fingerprint density at radius 3 is 1.06 bits per heavy atom. The van der Waals surface area contributed by atoms with E-state index in [1.165, 1.54) is 11.1 Å². The molecule has 2 aromatic carbocycles. The third-order valence-corrected chi connectivity index (χ3v) is 6.80. The molecule has 0 bridgehead atoms. The van der Waals surface area contributed by atoms with E-state index in [9.17, 15) is 10.2 Å². The second-order valence-corrected chi connectivity index (χ2v) is 14.5. The van der Waals surface area contributed by atoms with Gasteiger partial charge in [-0.25, -0.2) is 0 Å². The topological polar surface area (TPSA) is 40.5 Å². The summed E-state index contributed by atoms with van der Waals surface area (Å²) in [5.41, 5.74) is 6.66. The number of aromatic hydroxyl groups is 2. The van der Waals surface area contributed by atoms with Gasteiger partial charge in [0.05, 0.1) is 0 Å². The van der Waals surface area contributed by atoms with Gasteiger partial charge in [0.15, 0.2) is 0 Å². The molecule has 0 aliphatic heterocycles. The molecule has 0 saturated heterocycles. The van der Waals surface area contributed by atoms with Gasteiger partial charge in [0.25, 0.3) is 0 Å². The first-order valence-corrected chi connectivity index (χ1v) is 13.2. The van der Waals surface area contributed by atoms with Crippen LogP contribution in [0.1, 0.15) is 143 Å². The lowest BCUT2D eigenvalue weighted by Gasteiger charge is -2.29. The second-order valence-electron chi connectivity index (χ2n) is 14.5. The van der Waals surface area contributed by atoms with E-state index >= 15 is 0 Å². The van der Waals surface area contributed by atoms with Gasteiger partial charge in [0.2, 0.25) is 0 Å². The summed E-state index contributed by atoms with van der Waals surface area (Å²) in [5, 5.41) is 21.0. The summed E-state index contributed by atoms with van der Waals surface area (Å²) in [6, 6.07) is 8.56. The molecule has 0 spiro atoms. The van der Waals surface area contributed by atoms with Crippen molar-refractivity contribution in [2.75, 3.05) is 0 Å². The maximum absolute atomic E-state index is 10.6. The molecular formula is C33H54O2. The first-order valence-electron chi connectivity index (χ1n) is 13.2. The maximum atomic E-state index is 10.6. The molecule has 2 rings (SSSR count). The van der Waals surface area contributed by atoms with E-state index in [1.54, 1.807) is 0 Å². The predicted octanol–water partition coefficient (Wildman–Crippen LogP) is 9.80. The Morgan fingerprint density at radius 1 is 0.571 bits per heavy atom. The van der Waals surface area contributed by atoms with Crippen LogP contribution < -0.4 is 0 Å². The van der Waals surface area contributed by atoms with Crippen molar-refractivity contribution in [3.63, 3.8) is 0 Å².